The molecule has 7 nitrogen and oxygen atoms in total. The van der Waals surface area contributed by atoms with Crippen LogP contribution >= 0.6 is 34.8 Å². The molecular formula is C31H34Cl3N3O4S. The van der Waals surface area contributed by atoms with E-state index in [1.54, 1.807) is 24.3 Å². The standard InChI is InChI=1S/C31H34Cl3N3O4S/c1-42(40,41)37(25-16-17-27(33)28(34)19-25)21-30(38)36(20-23-12-8-9-15-26(23)32)29(18-22-10-4-2-5-11-22)31(39)35-24-13-6-3-7-14-24/h2,4-5,8-12,15-17,19,24,29H,3,6-7,13-14,18,20-21H2,1H3,(H,35,39). The summed E-state index contributed by atoms with van der Waals surface area (Å²) >= 11 is 18.8. The average molecular weight is 651 g/mol. The van der Waals surface area contributed by atoms with Crippen molar-refractivity contribution in [3.8, 4) is 0 Å². The van der Waals surface area contributed by atoms with Crippen LogP contribution in [-0.4, -0.2) is 50.0 Å². The van der Waals surface area contributed by atoms with Crippen LogP contribution in [0, 0.1) is 0 Å². The molecule has 1 unspecified atom stereocenters. The van der Waals surface area contributed by atoms with E-state index in [9.17, 15) is 18.0 Å². The molecule has 2 amide bonds. The Kier molecular flexibility index (Phi) is 11.2. The number of sulfonamides is 1. The van der Waals surface area contributed by atoms with Gasteiger partial charge in [-0.2, -0.15) is 0 Å². The van der Waals surface area contributed by atoms with E-state index in [1.165, 1.54) is 23.1 Å². The number of amides is 2. The zero-order chi connectivity index (χ0) is 30.3. The van der Waals surface area contributed by atoms with Crippen molar-refractivity contribution in [2.24, 2.45) is 0 Å². The highest BCUT2D eigenvalue weighted by Crippen LogP contribution is 2.29. The lowest BCUT2D eigenvalue weighted by atomic mass is 9.94. The Hall–Kier alpha value is -2.78. The van der Waals surface area contributed by atoms with E-state index in [1.807, 2.05) is 30.3 Å². The summed E-state index contributed by atoms with van der Waals surface area (Å²) in [4.78, 5) is 29.6. The van der Waals surface area contributed by atoms with E-state index in [0.29, 0.717) is 10.6 Å². The van der Waals surface area contributed by atoms with E-state index < -0.39 is 28.5 Å². The molecule has 224 valence electrons. The van der Waals surface area contributed by atoms with E-state index in [-0.39, 0.29) is 40.6 Å². The minimum atomic E-state index is -3.93. The van der Waals surface area contributed by atoms with Gasteiger partial charge in [0.05, 0.1) is 22.0 Å². The highest BCUT2D eigenvalue weighted by atomic mass is 35.5. The van der Waals surface area contributed by atoms with Crippen molar-refractivity contribution in [3.63, 3.8) is 0 Å². The third kappa shape index (κ3) is 8.63. The van der Waals surface area contributed by atoms with Crippen molar-refractivity contribution in [3.05, 3.63) is 99.0 Å². The summed E-state index contributed by atoms with van der Waals surface area (Å²) in [5.41, 5.74) is 1.68. The smallest absolute Gasteiger partial charge is 0.244 e. The number of rotatable bonds is 11. The van der Waals surface area contributed by atoms with Gasteiger partial charge in [0, 0.05) is 24.0 Å². The number of carbonyl (C=O) groups is 2. The third-order valence-electron chi connectivity index (χ3n) is 7.39. The fraction of sp³-hybridized carbons (Fsp3) is 0.355. The Morgan fingerprint density at radius 3 is 2.19 bits per heavy atom. The van der Waals surface area contributed by atoms with Crippen molar-refractivity contribution in [2.75, 3.05) is 17.1 Å². The zero-order valence-electron chi connectivity index (χ0n) is 23.3. The SMILES string of the molecule is CS(=O)(=O)N(CC(=O)N(Cc1ccccc1Cl)C(Cc1ccccc1)C(=O)NC1CCCCC1)c1ccc(Cl)c(Cl)c1. The van der Waals surface area contributed by atoms with Crippen molar-refractivity contribution in [2.45, 2.75) is 57.2 Å². The van der Waals surface area contributed by atoms with E-state index >= 15 is 0 Å². The number of anilines is 1. The molecule has 3 aromatic carbocycles. The zero-order valence-corrected chi connectivity index (χ0v) is 26.4. The number of carbonyl (C=O) groups excluding carboxylic acids is 2. The molecule has 0 radical (unpaired) electrons. The fourth-order valence-corrected chi connectivity index (χ4v) is 6.49. The van der Waals surface area contributed by atoms with Crippen LogP contribution in [0.1, 0.15) is 43.2 Å². The Labute approximate surface area is 262 Å². The minimum Gasteiger partial charge on any atom is -0.352 e. The summed E-state index contributed by atoms with van der Waals surface area (Å²) in [5.74, 6) is -0.849. The number of hydrogen-bond donors (Lipinski definition) is 1. The highest BCUT2D eigenvalue weighted by molar-refractivity contribution is 7.92. The molecule has 3 aromatic rings. The molecule has 0 saturated heterocycles. The van der Waals surface area contributed by atoms with E-state index in [2.05, 4.69) is 5.32 Å². The lowest BCUT2D eigenvalue weighted by molar-refractivity contribution is -0.140. The Morgan fingerprint density at radius 1 is 0.881 bits per heavy atom. The monoisotopic (exact) mass is 649 g/mol. The molecule has 0 bridgehead atoms. The van der Waals surface area contributed by atoms with E-state index in [0.717, 1.165) is 48.2 Å². The molecule has 1 atom stereocenters. The molecule has 0 spiro atoms. The maximum absolute atomic E-state index is 14.2. The van der Waals surface area contributed by atoms with Gasteiger partial charge in [0.2, 0.25) is 21.8 Å². The maximum atomic E-state index is 14.2. The highest BCUT2D eigenvalue weighted by Gasteiger charge is 2.34. The quantitative estimate of drug-likeness (QED) is 0.257. The predicted molar refractivity (Wildman–Crippen MR) is 170 cm³/mol. The third-order valence-corrected chi connectivity index (χ3v) is 9.64. The van der Waals surface area contributed by atoms with Crippen LogP contribution in [0.3, 0.4) is 0 Å². The molecule has 0 aromatic heterocycles. The molecule has 0 aliphatic heterocycles. The van der Waals surface area contributed by atoms with E-state index in [4.69, 9.17) is 34.8 Å². The summed E-state index contributed by atoms with van der Waals surface area (Å²) in [5, 5.41) is 4.01. The predicted octanol–water partition coefficient (Wildman–Crippen LogP) is 6.50. The summed E-state index contributed by atoms with van der Waals surface area (Å²) in [6.07, 6.45) is 6.20. The van der Waals surface area contributed by atoms with Crippen molar-refractivity contribution < 1.29 is 18.0 Å². The first-order valence-corrected chi connectivity index (χ1v) is 16.8. The molecule has 42 heavy (non-hydrogen) atoms. The van der Waals surface area contributed by atoms with Crippen LogP contribution in [-0.2, 0) is 32.6 Å². The van der Waals surface area contributed by atoms with Gasteiger partial charge in [0.25, 0.3) is 0 Å². The van der Waals surface area contributed by atoms with Crippen molar-refractivity contribution in [1.29, 1.82) is 0 Å². The van der Waals surface area contributed by atoms with Gasteiger partial charge in [-0.1, -0.05) is 103 Å². The van der Waals surface area contributed by atoms with Crippen LogP contribution in [0.4, 0.5) is 5.69 Å². The molecule has 1 N–H and O–H groups in total. The second-order valence-corrected chi connectivity index (χ2v) is 13.7. The Bertz CT molecular complexity index is 1500. The van der Waals surface area contributed by atoms with Gasteiger partial charge in [0.15, 0.2) is 0 Å². The lowest BCUT2D eigenvalue weighted by Gasteiger charge is -2.35. The first kappa shape index (κ1) is 32.1. The summed E-state index contributed by atoms with van der Waals surface area (Å²) in [7, 11) is -3.93. The van der Waals surface area contributed by atoms with Crippen molar-refractivity contribution >= 4 is 62.3 Å². The van der Waals surface area contributed by atoms with Gasteiger partial charge >= 0.3 is 0 Å². The number of benzene rings is 3. The van der Waals surface area contributed by atoms with Gasteiger partial charge in [-0.15, -0.1) is 0 Å². The molecule has 1 aliphatic carbocycles. The molecule has 1 aliphatic rings. The maximum Gasteiger partial charge on any atom is 0.244 e. The number of nitrogens with one attached hydrogen (secondary N) is 1. The summed E-state index contributed by atoms with van der Waals surface area (Å²) in [6, 6.07) is 20.0. The average Bonchev–Trinajstić information content (AvgIpc) is 2.96. The molecule has 11 heteroatoms. The van der Waals surface area contributed by atoms with Gasteiger partial charge < -0.3 is 10.2 Å². The largest absolute Gasteiger partial charge is 0.352 e. The minimum absolute atomic E-state index is 0.00701. The molecule has 1 saturated carbocycles. The van der Waals surface area contributed by atoms with Crippen LogP contribution < -0.4 is 9.62 Å². The van der Waals surface area contributed by atoms with Gasteiger partial charge in [-0.3, -0.25) is 13.9 Å². The second kappa shape index (κ2) is 14.6. The Morgan fingerprint density at radius 2 is 1.55 bits per heavy atom. The Balaban J connectivity index is 1.74. The lowest BCUT2D eigenvalue weighted by Crippen LogP contribution is -2.55. The molecular weight excluding hydrogens is 617 g/mol. The van der Waals surface area contributed by atoms with Gasteiger partial charge in [-0.05, 0) is 48.2 Å². The normalized spacial score (nSPS) is 14.7. The van der Waals surface area contributed by atoms with Crippen LogP contribution in [0.5, 0.6) is 0 Å². The van der Waals surface area contributed by atoms with Gasteiger partial charge in [0.1, 0.15) is 12.6 Å². The first-order valence-electron chi connectivity index (χ1n) is 13.8. The molecule has 1 fully saturated rings. The number of hydrogen-bond acceptors (Lipinski definition) is 4. The number of nitrogens with zero attached hydrogens (tertiary/aromatic N) is 2. The van der Waals surface area contributed by atoms with Gasteiger partial charge in [-0.25, -0.2) is 8.42 Å². The summed E-state index contributed by atoms with van der Waals surface area (Å²) in [6.45, 7) is -0.545. The second-order valence-electron chi connectivity index (χ2n) is 10.5. The van der Waals surface area contributed by atoms with Crippen LogP contribution in [0.25, 0.3) is 0 Å². The first-order chi connectivity index (χ1) is 20.0. The number of halogens is 3. The molecule has 4 rings (SSSR count). The molecule has 0 heterocycles. The van der Waals surface area contributed by atoms with Crippen molar-refractivity contribution in [1.82, 2.24) is 10.2 Å². The fourth-order valence-electron chi connectivity index (χ4n) is 5.16. The topological polar surface area (TPSA) is 86.8 Å². The summed E-state index contributed by atoms with van der Waals surface area (Å²) < 4.78 is 26.8. The van der Waals surface area contributed by atoms with Crippen LogP contribution in [0.2, 0.25) is 15.1 Å². The van der Waals surface area contributed by atoms with Crippen LogP contribution in [0.15, 0.2) is 72.8 Å².